The van der Waals surface area contributed by atoms with Crippen LogP contribution in [0.15, 0.2) is 84.9 Å². The summed E-state index contributed by atoms with van der Waals surface area (Å²) >= 11 is 0. The second-order valence-electron chi connectivity index (χ2n) is 10.7. The summed E-state index contributed by atoms with van der Waals surface area (Å²) in [6, 6.07) is 30.8. The fraction of sp³-hybridized carbons (Fsp3) is 0.333. The summed E-state index contributed by atoms with van der Waals surface area (Å²) in [5.41, 5.74) is 24.9. The molecule has 38 heavy (non-hydrogen) atoms. The summed E-state index contributed by atoms with van der Waals surface area (Å²) in [5.74, 6) is 0. The zero-order chi connectivity index (χ0) is 26.7. The van der Waals surface area contributed by atoms with Gasteiger partial charge in [-0.15, -0.1) is 0 Å². The van der Waals surface area contributed by atoms with E-state index >= 15 is 0 Å². The van der Waals surface area contributed by atoms with Crippen molar-refractivity contribution in [3.8, 4) is 0 Å². The quantitative estimate of drug-likeness (QED) is 0.142. The average molecular weight is 505 g/mol. The molecule has 0 amide bonds. The van der Waals surface area contributed by atoms with Crippen LogP contribution in [0.4, 0.5) is 11.4 Å². The zero-order valence-corrected chi connectivity index (χ0v) is 23.3. The van der Waals surface area contributed by atoms with E-state index in [9.17, 15) is 0 Å². The third-order valence-corrected chi connectivity index (χ3v) is 7.50. The van der Waals surface area contributed by atoms with E-state index < -0.39 is 0 Å². The molecule has 0 heterocycles. The van der Waals surface area contributed by atoms with Gasteiger partial charge in [0.05, 0.1) is 0 Å². The van der Waals surface area contributed by atoms with E-state index in [1.807, 2.05) is 24.3 Å². The number of aryl methyl sites for hydroxylation is 4. The highest BCUT2D eigenvalue weighted by atomic mass is 14.5. The first kappa shape index (κ1) is 27.5. The van der Waals surface area contributed by atoms with E-state index in [1.54, 1.807) is 0 Å². The van der Waals surface area contributed by atoms with Crippen molar-refractivity contribution in [2.75, 3.05) is 11.5 Å². The SMILES string of the molecule is CCCc1cc(Cc2ccc(N)cc2)ccc1CCCCc1ccc(Cc2ccc(N)cc2)cc1CCC. The molecule has 0 aliphatic carbocycles. The van der Waals surface area contributed by atoms with Gasteiger partial charge in [-0.3, -0.25) is 0 Å². The minimum atomic E-state index is 0.826. The van der Waals surface area contributed by atoms with Crippen molar-refractivity contribution in [3.05, 3.63) is 129 Å². The summed E-state index contributed by atoms with van der Waals surface area (Å²) in [4.78, 5) is 0. The Kier molecular flexibility index (Phi) is 10.0. The molecule has 2 heteroatoms. The molecule has 4 aromatic carbocycles. The Bertz CT molecular complexity index is 1180. The topological polar surface area (TPSA) is 52.0 Å². The second kappa shape index (κ2) is 13.9. The van der Waals surface area contributed by atoms with E-state index in [4.69, 9.17) is 11.5 Å². The predicted octanol–water partition coefficient (Wildman–Crippen LogP) is 8.50. The lowest BCUT2D eigenvalue weighted by Gasteiger charge is -2.14. The van der Waals surface area contributed by atoms with Gasteiger partial charge in [0.15, 0.2) is 0 Å². The van der Waals surface area contributed by atoms with Crippen molar-refractivity contribution >= 4 is 11.4 Å². The molecule has 0 bridgehead atoms. The number of hydrogen-bond donors (Lipinski definition) is 2. The number of hydrogen-bond acceptors (Lipinski definition) is 2. The normalized spacial score (nSPS) is 11.1. The van der Waals surface area contributed by atoms with Crippen LogP contribution < -0.4 is 11.5 Å². The fourth-order valence-corrected chi connectivity index (χ4v) is 5.44. The highest BCUT2D eigenvalue weighted by Gasteiger charge is 2.08. The largest absolute Gasteiger partial charge is 0.399 e. The molecule has 0 radical (unpaired) electrons. The van der Waals surface area contributed by atoms with Gasteiger partial charge >= 0.3 is 0 Å². The van der Waals surface area contributed by atoms with E-state index in [-0.39, 0.29) is 0 Å². The van der Waals surface area contributed by atoms with E-state index in [2.05, 4.69) is 74.5 Å². The van der Waals surface area contributed by atoms with Crippen LogP contribution in [-0.2, 0) is 38.5 Å². The van der Waals surface area contributed by atoms with Crippen LogP contribution in [0.5, 0.6) is 0 Å². The van der Waals surface area contributed by atoms with Crippen molar-refractivity contribution in [1.29, 1.82) is 0 Å². The minimum Gasteiger partial charge on any atom is -0.399 e. The third-order valence-electron chi connectivity index (χ3n) is 7.50. The molecular formula is C36H44N2. The first-order chi connectivity index (χ1) is 18.5. The molecule has 4 rings (SSSR count). The van der Waals surface area contributed by atoms with E-state index in [1.165, 1.54) is 70.2 Å². The lowest BCUT2D eigenvalue weighted by molar-refractivity contribution is 0.720. The molecule has 198 valence electrons. The minimum absolute atomic E-state index is 0.826. The van der Waals surface area contributed by atoms with Crippen molar-refractivity contribution in [3.63, 3.8) is 0 Å². The lowest BCUT2D eigenvalue weighted by atomic mass is 9.92. The highest BCUT2D eigenvalue weighted by Crippen LogP contribution is 2.22. The van der Waals surface area contributed by atoms with Crippen molar-refractivity contribution < 1.29 is 0 Å². The van der Waals surface area contributed by atoms with Gasteiger partial charge in [-0.2, -0.15) is 0 Å². The summed E-state index contributed by atoms with van der Waals surface area (Å²) in [6.45, 7) is 4.56. The van der Waals surface area contributed by atoms with Gasteiger partial charge in [0, 0.05) is 11.4 Å². The number of benzene rings is 4. The Morgan fingerprint density at radius 3 is 1.16 bits per heavy atom. The van der Waals surface area contributed by atoms with E-state index in [0.717, 1.165) is 49.9 Å². The van der Waals surface area contributed by atoms with Crippen molar-refractivity contribution in [1.82, 2.24) is 0 Å². The van der Waals surface area contributed by atoms with Crippen LogP contribution in [0.3, 0.4) is 0 Å². The van der Waals surface area contributed by atoms with Crippen LogP contribution in [0.25, 0.3) is 0 Å². The number of rotatable bonds is 13. The maximum absolute atomic E-state index is 5.86. The Balaban J connectivity index is 1.35. The van der Waals surface area contributed by atoms with Crippen LogP contribution in [0, 0.1) is 0 Å². The Morgan fingerprint density at radius 1 is 0.421 bits per heavy atom. The molecule has 0 atom stereocenters. The maximum atomic E-state index is 5.86. The fourth-order valence-electron chi connectivity index (χ4n) is 5.44. The van der Waals surface area contributed by atoms with Gasteiger partial charge in [-0.1, -0.05) is 87.4 Å². The van der Waals surface area contributed by atoms with Crippen LogP contribution in [0.1, 0.15) is 84.0 Å². The third kappa shape index (κ3) is 7.99. The van der Waals surface area contributed by atoms with Gasteiger partial charge < -0.3 is 11.5 Å². The van der Waals surface area contributed by atoms with Crippen molar-refractivity contribution in [2.24, 2.45) is 0 Å². The van der Waals surface area contributed by atoms with Crippen LogP contribution in [-0.4, -0.2) is 0 Å². The molecule has 4 N–H and O–H groups in total. The van der Waals surface area contributed by atoms with Gasteiger partial charge in [-0.05, 0) is 120 Å². The van der Waals surface area contributed by atoms with Gasteiger partial charge in [0.25, 0.3) is 0 Å². The number of nitrogens with two attached hydrogens (primary N) is 2. The molecule has 0 spiro atoms. The Labute approximate surface area is 230 Å². The Hall–Kier alpha value is -3.52. The summed E-state index contributed by atoms with van der Waals surface area (Å²) in [6.07, 6.45) is 11.4. The summed E-state index contributed by atoms with van der Waals surface area (Å²) in [5, 5.41) is 0. The smallest absolute Gasteiger partial charge is 0.0314 e. The van der Waals surface area contributed by atoms with E-state index in [0.29, 0.717) is 0 Å². The first-order valence-electron chi connectivity index (χ1n) is 14.4. The summed E-state index contributed by atoms with van der Waals surface area (Å²) in [7, 11) is 0. The Morgan fingerprint density at radius 2 is 0.789 bits per heavy atom. The molecule has 0 saturated heterocycles. The molecular weight excluding hydrogens is 460 g/mol. The van der Waals surface area contributed by atoms with Crippen molar-refractivity contribution in [2.45, 2.75) is 78.1 Å². The van der Waals surface area contributed by atoms with Crippen LogP contribution in [0.2, 0.25) is 0 Å². The predicted molar refractivity (Wildman–Crippen MR) is 165 cm³/mol. The molecule has 4 aromatic rings. The zero-order valence-electron chi connectivity index (χ0n) is 23.3. The first-order valence-corrected chi connectivity index (χ1v) is 14.4. The summed E-state index contributed by atoms with van der Waals surface area (Å²) < 4.78 is 0. The standard InChI is InChI=1S/C36H44N2/c1-3-7-33-25-29(23-27-13-19-35(37)20-14-27)11-17-31(33)9-5-6-10-32-18-12-30(26-34(32)8-4-2)24-28-15-21-36(38)22-16-28/h11-22,25-26H,3-10,23-24,37-38H2,1-2H3. The number of nitrogen functional groups attached to an aromatic ring is 2. The maximum Gasteiger partial charge on any atom is 0.0314 e. The van der Waals surface area contributed by atoms with Gasteiger partial charge in [0.1, 0.15) is 0 Å². The average Bonchev–Trinajstić information content (AvgIpc) is 2.92. The molecule has 0 saturated carbocycles. The van der Waals surface area contributed by atoms with Crippen LogP contribution >= 0.6 is 0 Å². The molecule has 0 fully saturated rings. The number of anilines is 2. The lowest BCUT2D eigenvalue weighted by Crippen LogP contribution is -2.00. The molecule has 0 aromatic heterocycles. The molecule has 0 unspecified atom stereocenters. The molecule has 0 aliphatic heterocycles. The highest BCUT2D eigenvalue weighted by molar-refractivity contribution is 5.43. The number of unbranched alkanes of at least 4 members (excludes halogenated alkanes) is 1. The molecule has 0 aliphatic rings. The molecule has 2 nitrogen and oxygen atoms in total. The monoisotopic (exact) mass is 504 g/mol. The van der Waals surface area contributed by atoms with Gasteiger partial charge in [-0.25, -0.2) is 0 Å². The van der Waals surface area contributed by atoms with Gasteiger partial charge in [0.2, 0.25) is 0 Å². The second-order valence-corrected chi connectivity index (χ2v) is 10.7.